The van der Waals surface area contributed by atoms with Crippen molar-refractivity contribution in [1.29, 1.82) is 0 Å². The number of aryl methyl sites for hydroxylation is 1. The van der Waals surface area contributed by atoms with E-state index in [2.05, 4.69) is 44.9 Å². The van der Waals surface area contributed by atoms with E-state index in [9.17, 15) is 9.59 Å². The molecule has 170 valence electrons. The molecule has 4 rings (SSSR count). The monoisotopic (exact) mass is 541 g/mol. The van der Waals surface area contributed by atoms with Crippen LogP contribution in [0.15, 0.2) is 23.5 Å². The van der Waals surface area contributed by atoms with Gasteiger partial charge in [0.1, 0.15) is 12.2 Å². The van der Waals surface area contributed by atoms with Crippen LogP contribution < -0.4 is 10.6 Å². The number of hydrogen-bond acceptors (Lipinski definition) is 5. The number of aliphatic imine (C=N–C) groups is 1. The zero-order valence-electron chi connectivity index (χ0n) is 18.2. The van der Waals surface area contributed by atoms with E-state index in [-0.39, 0.29) is 59.5 Å². The van der Waals surface area contributed by atoms with Gasteiger partial charge < -0.3 is 15.2 Å². The number of nitrogens with zero attached hydrogens (tertiary/aromatic N) is 5. The summed E-state index contributed by atoms with van der Waals surface area (Å²) in [6.45, 7) is 7.32. The predicted molar refractivity (Wildman–Crippen MR) is 128 cm³/mol. The van der Waals surface area contributed by atoms with E-state index in [4.69, 9.17) is 0 Å². The molecular weight excluding hydrogens is 509 g/mol. The molecule has 3 aliphatic rings. The van der Waals surface area contributed by atoms with Crippen LogP contribution in [0.2, 0.25) is 0 Å². The Labute approximate surface area is 200 Å². The van der Waals surface area contributed by atoms with Gasteiger partial charge in [-0.05, 0) is 31.6 Å². The third-order valence-electron chi connectivity index (χ3n) is 6.37. The molecule has 31 heavy (non-hydrogen) atoms. The van der Waals surface area contributed by atoms with Crippen LogP contribution in [0.3, 0.4) is 0 Å². The van der Waals surface area contributed by atoms with E-state index in [1.165, 1.54) is 4.90 Å². The van der Waals surface area contributed by atoms with Crippen LogP contribution in [0.25, 0.3) is 0 Å². The first-order chi connectivity index (χ1) is 14.6. The summed E-state index contributed by atoms with van der Waals surface area (Å²) in [7, 11) is 0. The molecule has 10 heteroatoms. The first-order valence-corrected chi connectivity index (χ1v) is 11.1. The van der Waals surface area contributed by atoms with Crippen LogP contribution in [0.5, 0.6) is 0 Å². The first kappa shape index (κ1) is 23.7. The fourth-order valence-electron chi connectivity index (χ4n) is 4.98. The fourth-order valence-corrected chi connectivity index (χ4v) is 4.98. The Morgan fingerprint density at radius 1 is 1.13 bits per heavy atom. The van der Waals surface area contributed by atoms with Crippen molar-refractivity contribution in [3.8, 4) is 0 Å². The minimum Gasteiger partial charge on any atom is -0.357 e. The number of allylic oxidation sites excluding steroid dienone is 2. The first-order valence-electron chi connectivity index (χ1n) is 11.1. The topological polar surface area (TPSA) is 105 Å². The predicted octanol–water partition coefficient (Wildman–Crippen LogP) is 1.21. The van der Waals surface area contributed by atoms with Crippen molar-refractivity contribution in [1.82, 2.24) is 30.3 Å². The average molecular weight is 541 g/mol. The smallest absolute Gasteiger partial charge is 0.233 e. The van der Waals surface area contributed by atoms with E-state index in [0.717, 1.165) is 37.7 Å². The molecule has 2 amide bonds. The van der Waals surface area contributed by atoms with Crippen LogP contribution in [0.1, 0.15) is 32.5 Å². The average Bonchev–Trinajstić information content (AvgIpc) is 3.51. The van der Waals surface area contributed by atoms with Crippen molar-refractivity contribution < 1.29 is 9.59 Å². The number of hydrogen-bond donors (Lipinski definition) is 2. The molecule has 2 heterocycles. The Bertz CT molecular complexity index is 823. The molecule has 4 unspecified atom stereocenters. The lowest BCUT2D eigenvalue weighted by molar-refractivity contribution is -0.140. The van der Waals surface area contributed by atoms with Crippen molar-refractivity contribution in [2.45, 2.75) is 39.7 Å². The number of imide groups is 1. The van der Waals surface area contributed by atoms with Crippen LogP contribution in [-0.4, -0.2) is 63.6 Å². The molecule has 2 N–H and O–H groups in total. The number of likely N-dealkylation sites (tertiary alicyclic amines) is 1. The molecule has 0 aromatic carbocycles. The molecule has 1 aromatic heterocycles. The lowest BCUT2D eigenvalue weighted by Gasteiger charge is -2.17. The third-order valence-corrected chi connectivity index (χ3v) is 6.37. The normalized spacial score (nSPS) is 26.4. The van der Waals surface area contributed by atoms with Crippen molar-refractivity contribution >= 4 is 41.8 Å². The SMILES string of the molecule is CCNC(=NCCCN1C(=O)C2C3C=CC(C3)C2C1=O)NCCn1cnnc1CC.I. The van der Waals surface area contributed by atoms with Crippen molar-refractivity contribution in [3.05, 3.63) is 24.3 Å². The number of guanidine groups is 1. The highest BCUT2D eigenvalue weighted by Crippen LogP contribution is 2.52. The summed E-state index contributed by atoms with van der Waals surface area (Å²) in [5.74, 6) is 2.06. The number of fused-ring (bicyclic) bond motifs is 5. The van der Waals surface area contributed by atoms with Crippen LogP contribution in [0, 0.1) is 23.7 Å². The molecule has 2 aliphatic carbocycles. The van der Waals surface area contributed by atoms with Gasteiger partial charge in [0, 0.05) is 39.1 Å². The Morgan fingerprint density at radius 2 is 1.84 bits per heavy atom. The summed E-state index contributed by atoms with van der Waals surface area (Å²) in [6.07, 6.45) is 8.48. The quantitative estimate of drug-likeness (QED) is 0.122. The summed E-state index contributed by atoms with van der Waals surface area (Å²) < 4.78 is 2.03. The van der Waals surface area contributed by atoms with Crippen LogP contribution in [-0.2, 0) is 22.6 Å². The van der Waals surface area contributed by atoms with Gasteiger partial charge in [0.25, 0.3) is 0 Å². The fraction of sp³-hybridized carbons (Fsp3) is 0.667. The molecule has 9 nitrogen and oxygen atoms in total. The molecular formula is C21H32IN7O2. The highest BCUT2D eigenvalue weighted by atomic mass is 127. The van der Waals surface area contributed by atoms with Crippen LogP contribution >= 0.6 is 24.0 Å². The highest BCUT2D eigenvalue weighted by molar-refractivity contribution is 14.0. The minimum absolute atomic E-state index is 0. The van der Waals surface area contributed by atoms with Gasteiger partial charge >= 0.3 is 0 Å². The Hall–Kier alpha value is -1.98. The largest absolute Gasteiger partial charge is 0.357 e. The van der Waals surface area contributed by atoms with Gasteiger partial charge in [-0.25, -0.2) is 0 Å². The summed E-state index contributed by atoms with van der Waals surface area (Å²) in [5.41, 5.74) is 0. The number of carbonyl (C=O) groups excluding carboxylic acids is 2. The standard InChI is InChI=1S/C21H31N7O2.HI/c1-3-16-26-25-13-27(16)11-9-24-21(22-4-2)23-8-5-10-28-19(29)17-14-6-7-15(12-14)18(17)20(28)30;/h6-7,13-15,17-18H,3-5,8-12H2,1-2H3,(H2,22,23,24);1H. The maximum Gasteiger partial charge on any atom is 0.233 e. The Kier molecular flexibility index (Phi) is 8.06. The van der Waals surface area contributed by atoms with E-state index >= 15 is 0 Å². The second-order valence-electron chi connectivity index (χ2n) is 8.16. The van der Waals surface area contributed by atoms with Gasteiger partial charge in [-0.3, -0.25) is 19.5 Å². The molecule has 0 radical (unpaired) electrons. The molecule has 2 bridgehead atoms. The molecule has 1 saturated heterocycles. The lowest BCUT2D eigenvalue weighted by atomic mass is 9.85. The Morgan fingerprint density at radius 3 is 2.48 bits per heavy atom. The molecule has 4 atom stereocenters. The molecule has 1 aromatic rings. The van der Waals surface area contributed by atoms with Gasteiger partial charge in [0.15, 0.2) is 5.96 Å². The highest BCUT2D eigenvalue weighted by Gasteiger charge is 2.58. The van der Waals surface area contributed by atoms with E-state index in [0.29, 0.717) is 26.1 Å². The summed E-state index contributed by atoms with van der Waals surface area (Å²) >= 11 is 0. The molecule has 0 spiro atoms. The zero-order chi connectivity index (χ0) is 21.1. The van der Waals surface area contributed by atoms with Gasteiger partial charge in [-0.1, -0.05) is 19.1 Å². The maximum absolute atomic E-state index is 12.7. The van der Waals surface area contributed by atoms with Crippen molar-refractivity contribution in [2.24, 2.45) is 28.7 Å². The van der Waals surface area contributed by atoms with E-state index in [1.54, 1.807) is 6.33 Å². The second kappa shape index (κ2) is 10.6. The number of rotatable bonds is 9. The zero-order valence-corrected chi connectivity index (χ0v) is 20.5. The summed E-state index contributed by atoms with van der Waals surface area (Å²) in [4.78, 5) is 31.5. The number of aromatic nitrogens is 3. The van der Waals surface area contributed by atoms with Crippen molar-refractivity contribution in [2.75, 3.05) is 26.2 Å². The second-order valence-corrected chi connectivity index (χ2v) is 8.16. The minimum atomic E-state index is -0.110. The van der Waals surface area contributed by atoms with Crippen LogP contribution in [0.4, 0.5) is 0 Å². The number of carbonyl (C=O) groups is 2. The van der Waals surface area contributed by atoms with E-state index < -0.39 is 0 Å². The summed E-state index contributed by atoms with van der Waals surface area (Å²) in [5, 5.41) is 14.6. The van der Waals surface area contributed by atoms with Gasteiger partial charge in [0.05, 0.1) is 11.8 Å². The van der Waals surface area contributed by atoms with E-state index in [1.807, 2.05) is 11.5 Å². The molecule has 1 aliphatic heterocycles. The van der Waals surface area contributed by atoms with Gasteiger partial charge in [0.2, 0.25) is 11.8 Å². The molecule has 2 fully saturated rings. The van der Waals surface area contributed by atoms with Gasteiger partial charge in [-0.15, -0.1) is 34.2 Å². The number of nitrogens with one attached hydrogen (secondary N) is 2. The number of amides is 2. The Balaban J connectivity index is 0.00000272. The number of halogens is 1. The molecule has 1 saturated carbocycles. The lowest BCUT2D eigenvalue weighted by Crippen LogP contribution is -2.39. The van der Waals surface area contributed by atoms with Crippen molar-refractivity contribution in [3.63, 3.8) is 0 Å². The van der Waals surface area contributed by atoms with Gasteiger partial charge in [-0.2, -0.15) is 0 Å². The maximum atomic E-state index is 12.7. The third kappa shape index (κ3) is 4.78. The summed E-state index contributed by atoms with van der Waals surface area (Å²) in [6, 6.07) is 0.